The number of fused-ring (bicyclic) bond motifs is 1. The minimum Gasteiger partial charge on any atom is -0.353 e. The molecule has 2 aromatic rings. The molecule has 1 aromatic heterocycles. The van der Waals surface area contributed by atoms with Crippen molar-refractivity contribution in [2.45, 2.75) is 25.3 Å². The molecule has 6 heteroatoms. The lowest BCUT2D eigenvalue weighted by molar-refractivity contribution is 0.198. The van der Waals surface area contributed by atoms with Gasteiger partial charge in [0.15, 0.2) is 5.82 Å². The third kappa shape index (κ3) is 2.12. The van der Waals surface area contributed by atoms with E-state index >= 15 is 0 Å². The first kappa shape index (κ1) is 14.3. The molecule has 2 aliphatic rings. The maximum absolute atomic E-state index is 14.4. The molecule has 1 saturated heterocycles. The van der Waals surface area contributed by atoms with Crippen LogP contribution in [0.15, 0.2) is 16.6 Å². The number of anilines is 1. The van der Waals surface area contributed by atoms with Crippen molar-refractivity contribution in [2.75, 3.05) is 31.6 Å². The van der Waals surface area contributed by atoms with Crippen LogP contribution in [0.4, 0.5) is 10.2 Å². The SMILES string of the molecule is Cc1nc(N2CCN(C)C3(CC3)C2)c2ccc(Br)c(F)c2n1. The number of rotatable bonds is 1. The molecule has 1 aliphatic heterocycles. The molecular weight excluding hydrogens is 347 g/mol. The third-order valence-corrected chi connectivity index (χ3v) is 5.59. The summed E-state index contributed by atoms with van der Waals surface area (Å²) in [5.74, 6) is 1.18. The molecule has 1 aliphatic carbocycles. The summed E-state index contributed by atoms with van der Waals surface area (Å²) < 4.78 is 14.8. The average Bonchev–Trinajstić information content (AvgIpc) is 3.26. The smallest absolute Gasteiger partial charge is 0.163 e. The van der Waals surface area contributed by atoms with E-state index in [1.54, 1.807) is 6.07 Å². The summed E-state index contributed by atoms with van der Waals surface area (Å²) in [7, 11) is 2.20. The predicted octanol–water partition coefficient (Wildman–Crippen LogP) is 3.12. The van der Waals surface area contributed by atoms with E-state index < -0.39 is 0 Å². The van der Waals surface area contributed by atoms with E-state index in [0.29, 0.717) is 21.4 Å². The number of aryl methyl sites for hydroxylation is 1. The van der Waals surface area contributed by atoms with E-state index in [2.05, 4.69) is 42.7 Å². The van der Waals surface area contributed by atoms with Crippen molar-refractivity contribution in [1.82, 2.24) is 14.9 Å². The molecule has 4 rings (SSSR count). The van der Waals surface area contributed by atoms with E-state index in [-0.39, 0.29) is 5.82 Å². The highest BCUT2D eigenvalue weighted by atomic mass is 79.9. The van der Waals surface area contributed by atoms with E-state index in [9.17, 15) is 4.39 Å². The largest absolute Gasteiger partial charge is 0.353 e. The van der Waals surface area contributed by atoms with Gasteiger partial charge in [0.2, 0.25) is 0 Å². The monoisotopic (exact) mass is 364 g/mol. The molecule has 0 radical (unpaired) electrons. The number of benzene rings is 1. The number of halogens is 2. The fourth-order valence-corrected chi connectivity index (χ4v) is 3.72. The average molecular weight is 365 g/mol. The van der Waals surface area contributed by atoms with Crippen LogP contribution in [0.2, 0.25) is 0 Å². The van der Waals surface area contributed by atoms with Crippen LogP contribution in [-0.4, -0.2) is 47.1 Å². The molecule has 1 spiro atoms. The highest BCUT2D eigenvalue weighted by Gasteiger charge is 2.49. The molecule has 0 atom stereocenters. The van der Waals surface area contributed by atoms with Crippen LogP contribution in [0, 0.1) is 12.7 Å². The molecule has 0 unspecified atom stereocenters. The second-order valence-corrected chi connectivity index (χ2v) is 7.27. The van der Waals surface area contributed by atoms with Gasteiger partial charge in [-0.1, -0.05) is 0 Å². The van der Waals surface area contributed by atoms with Gasteiger partial charge < -0.3 is 4.90 Å². The van der Waals surface area contributed by atoms with Crippen LogP contribution in [0.25, 0.3) is 10.9 Å². The number of nitrogens with zero attached hydrogens (tertiary/aromatic N) is 4. The quantitative estimate of drug-likeness (QED) is 0.777. The second-order valence-electron chi connectivity index (χ2n) is 6.42. The van der Waals surface area contributed by atoms with E-state index in [4.69, 9.17) is 0 Å². The third-order valence-electron chi connectivity index (χ3n) is 4.98. The van der Waals surface area contributed by atoms with Gasteiger partial charge in [-0.2, -0.15) is 0 Å². The van der Waals surface area contributed by atoms with E-state index in [1.165, 1.54) is 12.8 Å². The summed E-state index contributed by atoms with van der Waals surface area (Å²) in [5, 5.41) is 0.798. The highest BCUT2D eigenvalue weighted by molar-refractivity contribution is 9.10. The minimum absolute atomic E-state index is 0.303. The number of hydrogen-bond donors (Lipinski definition) is 0. The first-order valence-corrected chi connectivity index (χ1v) is 8.38. The zero-order valence-electron chi connectivity index (χ0n) is 12.7. The molecular formula is C16H18BrFN4. The van der Waals surface area contributed by atoms with Crippen LogP contribution in [0.3, 0.4) is 0 Å². The Hall–Kier alpha value is -1.27. The zero-order valence-corrected chi connectivity index (χ0v) is 14.3. The van der Waals surface area contributed by atoms with Gasteiger partial charge >= 0.3 is 0 Å². The first-order chi connectivity index (χ1) is 10.5. The van der Waals surface area contributed by atoms with Gasteiger partial charge in [0.25, 0.3) is 0 Å². The Morgan fingerprint density at radius 3 is 2.73 bits per heavy atom. The Morgan fingerprint density at radius 1 is 1.23 bits per heavy atom. The predicted molar refractivity (Wildman–Crippen MR) is 88.7 cm³/mol. The van der Waals surface area contributed by atoms with Gasteiger partial charge in [-0.3, -0.25) is 4.90 Å². The fraction of sp³-hybridized carbons (Fsp3) is 0.500. The molecule has 1 aromatic carbocycles. The summed E-state index contributed by atoms with van der Waals surface area (Å²) in [6.07, 6.45) is 2.48. The Morgan fingerprint density at radius 2 is 2.00 bits per heavy atom. The molecule has 2 heterocycles. The van der Waals surface area contributed by atoms with E-state index in [1.807, 2.05) is 13.0 Å². The maximum atomic E-state index is 14.4. The summed E-state index contributed by atoms with van der Waals surface area (Å²) in [4.78, 5) is 13.7. The molecule has 0 N–H and O–H groups in total. The molecule has 4 nitrogen and oxygen atoms in total. The number of hydrogen-bond acceptors (Lipinski definition) is 4. The van der Waals surface area contributed by atoms with Gasteiger partial charge in [0, 0.05) is 30.6 Å². The van der Waals surface area contributed by atoms with Crippen molar-refractivity contribution in [3.05, 3.63) is 28.2 Å². The fourth-order valence-electron chi connectivity index (χ4n) is 3.40. The van der Waals surface area contributed by atoms with Gasteiger partial charge in [-0.15, -0.1) is 0 Å². The van der Waals surface area contributed by atoms with Crippen molar-refractivity contribution in [3.63, 3.8) is 0 Å². The zero-order chi connectivity index (χ0) is 15.5. The maximum Gasteiger partial charge on any atom is 0.163 e. The lowest BCUT2D eigenvalue weighted by Gasteiger charge is -2.41. The highest BCUT2D eigenvalue weighted by Crippen LogP contribution is 2.44. The van der Waals surface area contributed by atoms with Crippen LogP contribution >= 0.6 is 15.9 Å². The number of likely N-dealkylation sites (N-methyl/N-ethyl adjacent to an activating group) is 1. The molecule has 1 saturated carbocycles. The van der Waals surface area contributed by atoms with Crippen LogP contribution < -0.4 is 4.90 Å². The Balaban J connectivity index is 1.83. The van der Waals surface area contributed by atoms with Gasteiger partial charge in [0.05, 0.1) is 4.47 Å². The van der Waals surface area contributed by atoms with Crippen molar-refractivity contribution >= 4 is 32.7 Å². The summed E-state index contributed by atoms with van der Waals surface area (Å²) in [5.41, 5.74) is 0.706. The van der Waals surface area contributed by atoms with Crippen molar-refractivity contribution in [3.8, 4) is 0 Å². The molecule has 0 bridgehead atoms. The summed E-state index contributed by atoms with van der Waals surface area (Å²) in [6, 6.07) is 3.65. The molecule has 2 fully saturated rings. The van der Waals surface area contributed by atoms with Crippen LogP contribution in [0.1, 0.15) is 18.7 Å². The topological polar surface area (TPSA) is 32.3 Å². The lowest BCUT2D eigenvalue weighted by Crippen LogP contribution is -2.53. The Kier molecular flexibility index (Phi) is 3.17. The van der Waals surface area contributed by atoms with Gasteiger partial charge in [-0.05, 0) is 54.9 Å². The van der Waals surface area contributed by atoms with Crippen molar-refractivity contribution in [2.24, 2.45) is 0 Å². The van der Waals surface area contributed by atoms with Crippen molar-refractivity contribution < 1.29 is 4.39 Å². The molecule has 22 heavy (non-hydrogen) atoms. The Bertz CT molecular complexity index is 759. The van der Waals surface area contributed by atoms with Gasteiger partial charge in [-0.25, -0.2) is 14.4 Å². The molecule has 116 valence electrons. The van der Waals surface area contributed by atoms with Gasteiger partial charge in [0.1, 0.15) is 17.2 Å². The molecule has 0 amide bonds. The lowest BCUT2D eigenvalue weighted by atomic mass is 10.1. The van der Waals surface area contributed by atoms with Crippen molar-refractivity contribution in [1.29, 1.82) is 0 Å². The normalized spacial score (nSPS) is 20.8. The summed E-state index contributed by atoms with van der Waals surface area (Å²) in [6.45, 7) is 4.73. The second kappa shape index (κ2) is 4.86. The van der Waals surface area contributed by atoms with E-state index in [0.717, 1.165) is 30.8 Å². The number of aromatic nitrogens is 2. The van der Waals surface area contributed by atoms with Crippen LogP contribution in [-0.2, 0) is 0 Å². The van der Waals surface area contributed by atoms with Crippen LogP contribution in [0.5, 0.6) is 0 Å². The standard InChI is InChI=1S/C16H18BrFN4/c1-10-19-14-11(3-4-12(17)13(14)18)15(20-10)22-8-7-21(2)16(9-22)5-6-16/h3-4H,5-9H2,1-2H3. The Labute approximate surface area is 137 Å². The minimum atomic E-state index is -0.306. The first-order valence-electron chi connectivity index (χ1n) is 7.59. The summed E-state index contributed by atoms with van der Waals surface area (Å²) >= 11 is 3.24. The number of piperazine rings is 1.